The molecule has 0 spiro atoms. The van der Waals surface area contributed by atoms with Crippen LogP contribution in [-0.4, -0.2) is 14.3 Å². The van der Waals surface area contributed by atoms with Crippen LogP contribution in [0.3, 0.4) is 0 Å². The van der Waals surface area contributed by atoms with Gasteiger partial charge in [0.1, 0.15) is 11.6 Å². The van der Waals surface area contributed by atoms with Gasteiger partial charge in [0, 0.05) is 17.6 Å². The van der Waals surface area contributed by atoms with Gasteiger partial charge in [-0.15, -0.1) is 0 Å². The number of halogens is 2. The molecule has 0 unspecified atom stereocenters. The summed E-state index contributed by atoms with van der Waals surface area (Å²) >= 11 is 11.7. The minimum atomic E-state index is -3.79. The Kier molecular flexibility index (Phi) is 6.23. The van der Waals surface area contributed by atoms with Gasteiger partial charge < -0.3 is 10.6 Å². The molecule has 4 N–H and O–H groups in total. The van der Waals surface area contributed by atoms with Gasteiger partial charge in [-0.25, -0.2) is 13.6 Å². The van der Waals surface area contributed by atoms with Crippen LogP contribution in [0.15, 0.2) is 59.1 Å². The number of nitrogens with zero attached hydrogens (tertiary/aromatic N) is 1. The van der Waals surface area contributed by atoms with E-state index in [2.05, 4.69) is 10.6 Å². The summed E-state index contributed by atoms with van der Waals surface area (Å²) in [4.78, 5) is 12.1. The Labute approximate surface area is 160 Å². The predicted octanol–water partition coefficient (Wildman–Crippen LogP) is 3.10. The highest BCUT2D eigenvalue weighted by atomic mass is 35.5. The average Bonchev–Trinajstić information content (AvgIpc) is 2.58. The van der Waals surface area contributed by atoms with Crippen molar-refractivity contribution < 1.29 is 13.2 Å². The van der Waals surface area contributed by atoms with E-state index >= 15 is 0 Å². The number of nitriles is 1. The van der Waals surface area contributed by atoms with Crippen LogP contribution in [0, 0.1) is 11.3 Å². The summed E-state index contributed by atoms with van der Waals surface area (Å²) in [6.07, 6.45) is 1.19. The summed E-state index contributed by atoms with van der Waals surface area (Å²) in [5, 5.41) is 20.0. The van der Waals surface area contributed by atoms with E-state index in [1.165, 1.54) is 42.6 Å². The molecule has 0 bridgehead atoms. The van der Waals surface area contributed by atoms with Crippen molar-refractivity contribution in [1.29, 1.82) is 5.26 Å². The van der Waals surface area contributed by atoms with Crippen LogP contribution in [0.1, 0.15) is 0 Å². The number of hydrogen-bond acceptors (Lipinski definition) is 5. The molecule has 2 rings (SSSR count). The van der Waals surface area contributed by atoms with Crippen LogP contribution >= 0.6 is 23.2 Å². The molecular formula is C16H12Cl2N4O3S. The van der Waals surface area contributed by atoms with Crippen LogP contribution in [0.2, 0.25) is 10.0 Å². The smallest absolute Gasteiger partial charge is 0.267 e. The van der Waals surface area contributed by atoms with E-state index < -0.39 is 15.9 Å². The van der Waals surface area contributed by atoms with Crippen LogP contribution in [0.25, 0.3) is 0 Å². The van der Waals surface area contributed by atoms with Gasteiger partial charge in [0.2, 0.25) is 10.0 Å². The van der Waals surface area contributed by atoms with E-state index in [0.29, 0.717) is 16.4 Å². The highest BCUT2D eigenvalue weighted by Gasteiger charge is 2.11. The number of benzene rings is 2. The van der Waals surface area contributed by atoms with Crippen LogP contribution < -0.4 is 15.8 Å². The second-order valence-electron chi connectivity index (χ2n) is 4.97. The SMILES string of the molecule is N#C/C(=C/Nc1ccc(S(N)(=O)=O)cc1)C(=O)Nc1ccc(Cl)c(Cl)c1. The normalized spacial score (nSPS) is 11.5. The maximum Gasteiger partial charge on any atom is 0.267 e. The second-order valence-corrected chi connectivity index (χ2v) is 7.34. The number of primary sulfonamides is 1. The number of carbonyl (C=O) groups is 1. The van der Waals surface area contributed by atoms with Crippen molar-refractivity contribution in [3.8, 4) is 6.07 Å². The first kappa shape index (κ1) is 19.8. The lowest BCUT2D eigenvalue weighted by Gasteiger charge is -2.06. The highest BCUT2D eigenvalue weighted by Crippen LogP contribution is 2.25. The van der Waals surface area contributed by atoms with Gasteiger partial charge in [0.15, 0.2) is 0 Å². The first-order chi connectivity index (χ1) is 12.2. The third kappa shape index (κ3) is 5.21. The van der Waals surface area contributed by atoms with Gasteiger partial charge >= 0.3 is 0 Å². The van der Waals surface area contributed by atoms with E-state index in [-0.39, 0.29) is 15.5 Å². The van der Waals surface area contributed by atoms with E-state index in [4.69, 9.17) is 33.6 Å². The molecule has 0 fully saturated rings. The Bertz CT molecular complexity index is 1010. The maximum absolute atomic E-state index is 12.1. The summed E-state index contributed by atoms with van der Waals surface area (Å²) in [6.45, 7) is 0. The number of sulfonamides is 1. The summed E-state index contributed by atoms with van der Waals surface area (Å²) in [6, 6.07) is 11.8. The highest BCUT2D eigenvalue weighted by molar-refractivity contribution is 7.89. The molecule has 10 heteroatoms. The van der Waals surface area contributed by atoms with Crippen molar-refractivity contribution in [3.05, 3.63) is 64.3 Å². The number of hydrogen-bond donors (Lipinski definition) is 3. The van der Waals surface area contributed by atoms with Crippen LogP contribution in [0.5, 0.6) is 0 Å². The number of nitrogens with two attached hydrogens (primary N) is 1. The van der Waals surface area contributed by atoms with Gasteiger partial charge in [0.05, 0.1) is 14.9 Å². The molecule has 0 saturated carbocycles. The third-order valence-electron chi connectivity index (χ3n) is 3.11. The quantitative estimate of drug-likeness (QED) is 0.515. The van der Waals surface area contributed by atoms with Crippen LogP contribution in [0.4, 0.5) is 11.4 Å². The Hall–Kier alpha value is -2.57. The summed E-state index contributed by atoms with van der Waals surface area (Å²) in [5.41, 5.74) is 0.641. The second kappa shape index (κ2) is 8.21. The molecule has 2 aromatic rings. The van der Waals surface area contributed by atoms with Gasteiger partial charge in [-0.3, -0.25) is 4.79 Å². The third-order valence-corrected chi connectivity index (χ3v) is 4.78. The number of anilines is 2. The van der Waals surface area contributed by atoms with E-state index in [9.17, 15) is 13.2 Å². The van der Waals surface area contributed by atoms with Crippen molar-refractivity contribution in [2.45, 2.75) is 4.90 Å². The van der Waals surface area contributed by atoms with Crippen LogP contribution in [-0.2, 0) is 14.8 Å². The van der Waals surface area contributed by atoms with E-state index in [0.717, 1.165) is 0 Å². The summed E-state index contributed by atoms with van der Waals surface area (Å²) < 4.78 is 22.4. The molecule has 0 aliphatic carbocycles. The monoisotopic (exact) mass is 410 g/mol. The fourth-order valence-corrected chi connectivity index (χ4v) is 2.63. The molecule has 0 saturated heterocycles. The molecule has 0 atom stereocenters. The zero-order valence-corrected chi connectivity index (χ0v) is 15.4. The van der Waals surface area contributed by atoms with E-state index in [1.54, 1.807) is 12.1 Å². The van der Waals surface area contributed by atoms with Gasteiger partial charge in [-0.05, 0) is 42.5 Å². The zero-order valence-electron chi connectivity index (χ0n) is 13.0. The predicted molar refractivity (Wildman–Crippen MR) is 100 cm³/mol. The molecule has 0 aliphatic rings. The average molecular weight is 411 g/mol. The molecule has 0 heterocycles. The minimum Gasteiger partial charge on any atom is -0.360 e. The van der Waals surface area contributed by atoms with Crippen molar-refractivity contribution >= 4 is 50.5 Å². The van der Waals surface area contributed by atoms with E-state index in [1.807, 2.05) is 0 Å². The molecule has 1 amide bonds. The molecule has 0 aliphatic heterocycles. The lowest BCUT2D eigenvalue weighted by Crippen LogP contribution is -2.14. The fraction of sp³-hybridized carbons (Fsp3) is 0. The zero-order chi connectivity index (χ0) is 19.3. The Morgan fingerprint density at radius 1 is 1.08 bits per heavy atom. The van der Waals surface area contributed by atoms with Gasteiger partial charge in [-0.2, -0.15) is 5.26 Å². The summed E-state index contributed by atoms with van der Waals surface area (Å²) in [7, 11) is -3.79. The minimum absolute atomic E-state index is 0.0510. The fourth-order valence-electron chi connectivity index (χ4n) is 1.82. The summed E-state index contributed by atoms with van der Waals surface area (Å²) in [5.74, 6) is -0.653. The first-order valence-electron chi connectivity index (χ1n) is 6.97. The molecule has 0 aromatic heterocycles. The topological polar surface area (TPSA) is 125 Å². The van der Waals surface area contributed by atoms with Crippen molar-refractivity contribution in [1.82, 2.24) is 0 Å². The largest absolute Gasteiger partial charge is 0.360 e. The first-order valence-corrected chi connectivity index (χ1v) is 9.27. The Balaban J connectivity index is 2.10. The standard InChI is InChI=1S/C16H12Cl2N4O3S/c17-14-6-3-12(7-15(14)18)22-16(23)10(8-19)9-21-11-1-4-13(5-2-11)26(20,24)25/h1-7,9,21H,(H,22,23)(H2,20,24,25)/b10-9-. The molecule has 7 nitrogen and oxygen atoms in total. The van der Waals surface area contributed by atoms with Crippen molar-refractivity contribution in [2.75, 3.05) is 10.6 Å². The Morgan fingerprint density at radius 2 is 1.69 bits per heavy atom. The number of rotatable bonds is 5. The lowest BCUT2D eigenvalue weighted by molar-refractivity contribution is -0.112. The molecule has 2 aromatic carbocycles. The van der Waals surface area contributed by atoms with Crippen molar-refractivity contribution in [2.24, 2.45) is 5.14 Å². The maximum atomic E-state index is 12.1. The molecule has 134 valence electrons. The molecule has 0 radical (unpaired) electrons. The number of nitrogens with one attached hydrogen (secondary N) is 2. The Morgan fingerprint density at radius 3 is 2.23 bits per heavy atom. The van der Waals surface area contributed by atoms with Gasteiger partial charge in [0.25, 0.3) is 5.91 Å². The van der Waals surface area contributed by atoms with Gasteiger partial charge in [-0.1, -0.05) is 23.2 Å². The lowest BCUT2D eigenvalue weighted by atomic mass is 10.2. The molecular weight excluding hydrogens is 399 g/mol. The number of amides is 1. The number of carbonyl (C=O) groups excluding carboxylic acids is 1. The van der Waals surface area contributed by atoms with Crippen molar-refractivity contribution in [3.63, 3.8) is 0 Å². The molecule has 26 heavy (non-hydrogen) atoms.